The second-order valence-electron chi connectivity index (χ2n) is 7.56. The van der Waals surface area contributed by atoms with Gasteiger partial charge in [0.05, 0.1) is 25.9 Å². The number of nitrogens with two attached hydrogens (primary N) is 1. The molecule has 1 heterocycles. The zero-order chi connectivity index (χ0) is 19.9. The molecule has 2 aromatic rings. The van der Waals surface area contributed by atoms with E-state index in [-0.39, 0.29) is 0 Å². The zero-order valence-corrected chi connectivity index (χ0v) is 16.7. The molecule has 1 saturated carbocycles. The maximum atomic E-state index is 6.07. The molecule has 154 valence electrons. The standard InChI is InChI=1S/C23H29N3O3/c24-23(26-18-9-12-21-22(15-18)28-14-4-13-27-21)25-16-17-7-10-20(11-8-17)29-19-5-2-1-3-6-19/h7-12,15,19H,1-6,13-14,16H2,(H3,24,25,26). The van der Waals surface area contributed by atoms with Gasteiger partial charge in [-0.3, -0.25) is 0 Å². The van der Waals surface area contributed by atoms with E-state index in [0.717, 1.165) is 47.8 Å². The topological polar surface area (TPSA) is 78.1 Å². The van der Waals surface area contributed by atoms with Gasteiger partial charge in [0.2, 0.25) is 0 Å². The molecule has 1 aliphatic heterocycles. The summed E-state index contributed by atoms with van der Waals surface area (Å²) in [6, 6.07) is 13.8. The number of nitrogens with one attached hydrogen (secondary N) is 1. The third kappa shape index (κ3) is 5.56. The van der Waals surface area contributed by atoms with Crippen LogP contribution in [0.25, 0.3) is 0 Å². The van der Waals surface area contributed by atoms with Gasteiger partial charge in [0.25, 0.3) is 0 Å². The highest BCUT2D eigenvalue weighted by molar-refractivity contribution is 5.92. The minimum absolute atomic E-state index is 0.363. The summed E-state index contributed by atoms with van der Waals surface area (Å²) in [6.45, 7) is 1.83. The van der Waals surface area contributed by atoms with Crippen molar-refractivity contribution in [3.8, 4) is 17.2 Å². The molecular weight excluding hydrogens is 366 g/mol. The van der Waals surface area contributed by atoms with Crippen LogP contribution in [0.5, 0.6) is 17.2 Å². The average Bonchev–Trinajstić information content (AvgIpc) is 2.99. The van der Waals surface area contributed by atoms with Gasteiger partial charge < -0.3 is 25.3 Å². The van der Waals surface area contributed by atoms with Crippen LogP contribution < -0.4 is 25.3 Å². The number of nitrogens with zero attached hydrogens (tertiary/aromatic N) is 1. The molecule has 1 aliphatic carbocycles. The summed E-state index contributed by atoms with van der Waals surface area (Å²) in [5, 5.41) is 3.12. The summed E-state index contributed by atoms with van der Waals surface area (Å²) < 4.78 is 17.4. The van der Waals surface area contributed by atoms with Crippen molar-refractivity contribution in [3.05, 3.63) is 48.0 Å². The molecule has 6 nitrogen and oxygen atoms in total. The molecule has 0 amide bonds. The highest BCUT2D eigenvalue weighted by Crippen LogP contribution is 2.32. The van der Waals surface area contributed by atoms with Gasteiger partial charge in [-0.1, -0.05) is 18.6 Å². The smallest absolute Gasteiger partial charge is 0.193 e. The summed E-state index contributed by atoms with van der Waals surface area (Å²) in [4.78, 5) is 4.44. The molecule has 0 atom stereocenters. The van der Waals surface area contributed by atoms with Crippen molar-refractivity contribution in [1.29, 1.82) is 0 Å². The number of aliphatic imine (C=N–C) groups is 1. The third-order valence-electron chi connectivity index (χ3n) is 5.23. The van der Waals surface area contributed by atoms with E-state index in [1.807, 2.05) is 42.5 Å². The van der Waals surface area contributed by atoms with E-state index in [1.54, 1.807) is 0 Å². The summed E-state index contributed by atoms with van der Waals surface area (Å²) in [5.74, 6) is 2.79. The lowest BCUT2D eigenvalue weighted by molar-refractivity contribution is 0.155. The molecule has 0 bridgehead atoms. The van der Waals surface area contributed by atoms with Crippen LogP contribution in [0.2, 0.25) is 0 Å². The molecule has 0 saturated heterocycles. The average molecular weight is 396 g/mol. The number of guanidine groups is 1. The highest BCUT2D eigenvalue weighted by atomic mass is 16.5. The second-order valence-corrected chi connectivity index (χ2v) is 7.56. The lowest BCUT2D eigenvalue weighted by Crippen LogP contribution is -2.22. The minimum Gasteiger partial charge on any atom is -0.490 e. The van der Waals surface area contributed by atoms with Crippen molar-refractivity contribution in [2.24, 2.45) is 10.7 Å². The number of rotatable bonds is 5. The maximum absolute atomic E-state index is 6.07. The Balaban J connectivity index is 1.31. The molecule has 4 rings (SSSR count). The lowest BCUT2D eigenvalue weighted by atomic mass is 9.98. The van der Waals surface area contributed by atoms with Gasteiger partial charge in [0, 0.05) is 18.2 Å². The second kappa shape index (κ2) is 9.54. The Hall–Kier alpha value is -2.89. The van der Waals surface area contributed by atoms with E-state index in [2.05, 4.69) is 10.3 Å². The highest BCUT2D eigenvalue weighted by Gasteiger charge is 2.14. The Morgan fingerprint density at radius 1 is 0.966 bits per heavy atom. The molecule has 0 radical (unpaired) electrons. The van der Waals surface area contributed by atoms with Crippen LogP contribution in [0.15, 0.2) is 47.5 Å². The van der Waals surface area contributed by atoms with E-state index >= 15 is 0 Å². The molecule has 1 fully saturated rings. The summed E-state index contributed by atoms with van der Waals surface area (Å²) in [6.07, 6.45) is 7.44. The zero-order valence-electron chi connectivity index (χ0n) is 16.7. The Morgan fingerprint density at radius 2 is 1.72 bits per heavy atom. The Morgan fingerprint density at radius 3 is 2.52 bits per heavy atom. The van der Waals surface area contributed by atoms with E-state index in [1.165, 1.54) is 19.3 Å². The van der Waals surface area contributed by atoms with Crippen molar-refractivity contribution in [1.82, 2.24) is 0 Å². The third-order valence-corrected chi connectivity index (χ3v) is 5.23. The minimum atomic E-state index is 0.363. The van der Waals surface area contributed by atoms with Gasteiger partial charge in [-0.2, -0.15) is 0 Å². The lowest BCUT2D eigenvalue weighted by Gasteiger charge is -2.23. The van der Waals surface area contributed by atoms with Gasteiger partial charge >= 0.3 is 0 Å². The van der Waals surface area contributed by atoms with E-state index in [9.17, 15) is 0 Å². The normalized spacial score (nSPS) is 17.4. The SMILES string of the molecule is NC(=NCc1ccc(OC2CCCCC2)cc1)Nc1ccc2c(c1)OCCCO2. The van der Waals surface area contributed by atoms with Crippen molar-refractivity contribution in [2.45, 2.75) is 51.2 Å². The van der Waals surface area contributed by atoms with Gasteiger partial charge in [-0.25, -0.2) is 4.99 Å². The summed E-state index contributed by atoms with van der Waals surface area (Å²) in [5.41, 5.74) is 7.97. The predicted molar refractivity (Wildman–Crippen MR) is 115 cm³/mol. The molecular formula is C23H29N3O3. The molecule has 3 N–H and O–H groups in total. The van der Waals surface area contributed by atoms with Gasteiger partial charge in [0.1, 0.15) is 5.75 Å². The van der Waals surface area contributed by atoms with Gasteiger partial charge in [0.15, 0.2) is 17.5 Å². The van der Waals surface area contributed by atoms with Gasteiger partial charge in [-0.05, 0) is 55.5 Å². The maximum Gasteiger partial charge on any atom is 0.193 e. The van der Waals surface area contributed by atoms with Crippen LogP contribution in [0, 0.1) is 0 Å². The van der Waals surface area contributed by atoms with Crippen molar-refractivity contribution >= 4 is 11.6 Å². The van der Waals surface area contributed by atoms with Crippen LogP contribution in [-0.2, 0) is 6.54 Å². The number of anilines is 1. The predicted octanol–water partition coefficient (Wildman–Crippen LogP) is 4.49. The Kier molecular flexibility index (Phi) is 6.39. The van der Waals surface area contributed by atoms with E-state index < -0.39 is 0 Å². The Labute approximate surface area is 172 Å². The molecule has 0 spiro atoms. The molecule has 0 unspecified atom stereocenters. The molecule has 0 aromatic heterocycles. The molecule has 2 aliphatic rings. The van der Waals surface area contributed by atoms with E-state index in [4.69, 9.17) is 19.9 Å². The molecule has 2 aromatic carbocycles. The number of hydrogen-bond donors (Lipinski definition) is 2. The van der Waals surface area contributed by atoms with Crippen LogP contribution in [0.4, 0.5) is 5.69 Å². The number of hydrogen-bond acceptors (Lipinski definition) is 4. The Bertz CT molecular complexity index is 830. The first-order valence-corrected chi connectivity index (χ1v) is 10.5. The van der Waals surface area contributed by atoms with Crippen LogP contribution in [0.3, 0.4) is 0 Å². The van der Waals surface area contributed by atoms with Gasteiger partial charge in [-0.15, -0.1) is 0 Å². The van der Waals surface area contributed by atoms with E-state index in [0.29, 0.717) is 31.8 Å². The fourth-order valence-electron chi connectivity index (χ4n) is 3.65. The first-order valence-electron chi connectivity index (χ1n) is 10.5. The van der Waals surface area contributed by atoms with Crippen LogP contribution in [-0.4, -0.2) is 25.3 Å². The number of ether oxygens (including phenoxy) is 3. The quantitative estimate of drug-likeness (QED) is 0.576. The number of benzene rings is 2. The number of fused-ring (bicyclic) bond motifs is 1. The largest absolute Gasteiger partial charge is 0.490 e. The van der Waals surface area contributed by atoms with Crippen molar-refractivity contribution < 1.29 is 14.2 Å². The van der Waals surface area contributed by atoms with Crippen molar-refractivity contribution in [3.63, 3.8) is 0 Å². The van der Waals surface area contributed by atoms with Crippen LogP contribution in [0.1, 0.15) is 44.1 Å². The fraction of sp³-hybridized carbons (Fsp3) is 0.435. The summed E-state index contributed by atoms with van der Waals surface area (Å²) in [7, 11) is 0. The monoisotopic (exact) mass is 395 g/mol. The summed E-state index contributed by atoms with van der Waals surface area (Å²) >= 11 is 0. The van der Waals surface area contributed by atoms with Crippen molar-refractivity contribution in [2.75, 3.05) is 18.5 Å². The molecule has 29 heavy (non-hydrogen) atoms. The molecule has 6 heteroatoms. The first-order chi connectivity index (χ1) is 14.3. The fourth-order valence-corrected chi connectivity index (χ4v) is 3.65. The van der Waals surface area contributed by atoms with Crippen LogP contribution >= 0.6 is 0 Å². The first kappa shape index (κ1) is 19.4.